The molecule has 2 unspecified atom stereocenters. The van der Waals surface area contributed by atoms with Crippen molar-refractivity contribution < 1.29 is 23.9 Å². The zero-order valence-electron chi connectivity index (χ0n) is 21.8. The Bertz CT molecular complexity index is 966. The second kappa shape index (κ2) is 14.2. The highest BCUT2D eigenvalue weighted by Crippen LogP contribution is 2.27. The average Bonchev–Trinajstić information content (AvgIpc) is 2.88. The number of urea groups is 1. The molecule has 0 aliphatic carbocycles. The largest absolute Gasteiger partial charge is 0.459 e. The first kappa shape index (κ1) is 28.8. The second-order valence-corrected chi connectivity index (χ2v) is 9.58. The first-order valence-electron chi connectivity index (χ1n) is 12.3. The van der Waals surface area contributed by atoms with E-state index in [1.807, 2.05) is 81.4 Å². The van der Waals surface area contributed by atoms with Crippen LogP contribution in [0.2, 0.25) is 0 Å². The van der Waals surface area contributed by atoms with E-state index in [1.165, 1.54) is 4.90 Å². The average molecular weight is 498 g/mol. The van der Waals surface area contributed by atoms with Crippen molar-refractivity contribution in [1.82, 2.24) is 10.2 Å². The molecule has 2 amide bonds. The van der Waals surface area contributed by atoms with Gasteiger partial charge in [0.25, 0.3) is 0 Å². The molecule has 36 heavy (non-hydrogen) atoms. The van der Waals surface area contributed by atoms with Gasteiger partial charge >= 0.3 is 18.0 Å². The fourth-order valence-electron chi connectivity index (χ4n) is 3.55. The third-order valence-corrected chi connectivity index (χ3v) is 6.04. The maximum absolute atomic E-state index is 13.0. The Kier molecular flexibility index (Phi) is 11.4. The van der Waals surface area contributed by atoms with Crippen LogP contribution >= 0.6 is 0 Å². The summed E-state index contributed by atoms with van der Waals surface area (Å²) in [6.45, 7) is 5.71. The van der Waals surface area contributed by atoms with Crippen molar-refractivity contribution in [2.24, 2.45) is 17.6 Å². The lowest BCUT2D eigenvalue weighted by molar-refractivity contribution is -0.153. The van der Waals surface area contributed by atoms with Gasteiger partial charge in [0.05, 0.1) is 0 Å². The number of amides is 2. The topological polar surface area (TPSA) is 111 Å². The number of benzene rings is 2. The lowest BCUT2D eigenvalue weighted by Crippen LogP contribution is -2.49. The van der Waals surface area contributed by atoms with Crippen molar-refractivity contribution in [2.45, 2.75) is 58.4 Å². The van der Waals surface area contributed by atoms with E-state index in [-0.39, 0.29) is 18.4 Å². The summed E-state index contributed by atoms with van der Waals surface area (Å²) in [6, 6.07) is 16.8. The number of carbonyl (C=O) groups is 3. The van der Waals surface area contributed by atoms with E-state index in [0.29, 0.717) is 12.8 Å². The summed E-state index contributed by atoms with van der Waals surface area (Å²) in [4.78, 5) is 39.4. The van der Waals surface area contributed by atoms with Gasteiger partial charge in [0.15, 0.2) is 0 Å². The Balaban J connectivity index is 2.13. The number of nitrogens with two attached hydrogens (primary N) is 1. The molecule has 2 aromatic rings. The van der Waals surface area contributed by atoms with Gasteiger partial charge in [-0.25, -0.2) is 9.59 Å². The Morgan fingerprint density at radius 2 is 1.47 bits per heavy atom. The van der Waals surface area contributed by atoms with Gasteiger partial charge in [0.2, 0.25) is 0 Å². The summed E-state index contributed by atoms with van der Waals surface area (Å²) >= 11 is 0. The van der Waals surface area contributed by atoms with Gasteiger partial charge in [-0.2, -0.15) is 0 Å². The normalized spacial score (nSPS) is 14.3. The molecule has 0 bridgehead atoms. The van der Waals surface area contributed by atoms with Gasteiger partial charge in [-0.3, -0.25) is 4.79 Å². The Morgan fingerprint density at radius 3 is 2.03 bits per heavy atom. The minimum atomic E-state index is -0.867. The molecule has 0 aliphatic rings. The minimum Gasteiger partial charge on any atom is -0.459 e. The zero-order chi connectivity index (χ0) is 26.7. The Labute approximate surface area is 214 Å². The number of hydrogen-bond donors (Lipinski definition) is 2. The third kappa shape index (κ3) is 9.00. The molecule has 0 fully saturated rings. The molecule has 196 valence electrons. The van der Waals surface area contributed by atoms with Gasteiger partial charge < -0.3 is 25.4 Å². The van der Waals surface area contributed by atoms with Crippen LogP contribution in [0.4, 0.5) is 4.79 Å². The summed E-state index contributed by atoms with van der Waals surface area (Å²) in [6.07, 6.45) is 0.404. The first-order chi connectivity index (χ1) is 17.1. The van der Waals surface area contributed by atoms with E-state index in [1.54, 1.807) is 14.1 Å². The van der Waals surface area contributed by atoms with Gasteiger partial charge in [-0.1, -0.05) is 81.4 Å². The summed E-state index contributed by atoms with van der Waals surface area (Å²) in [5, 5.41) is 2.77. The zero-order valence-corrected chi connectivity index (χ0v) is 21.8. The van der Waals surface area contributed by atoms with Crippen molar-refractivity contribution in [3.05, 3.63) is 71.8 Å². The molecule has 4 atom stereocenters. The molecule has 2 rings (SSSR count). The molecule has 3 N–H and O–H groups in total. The van der Waals surface area contributed by atoms with Gasteiger partial charge in [-0.05, 0) is 35.8 Å². The molecule has 8 heteroatoms. The number of nitrogens with zero attached hydrogens (tertiary/aromatic N) is 1. The van der Waals surface area contributed by atoms with E-state index >= 15 is 0 Å². The van der Waals surface area contributed by atoms with E-state index < -0.39 is 36.2 Å². The van der Waals surface area contributed by atoms with Crippen molar-refractivity contribution in [3.8, 4) is 0 Å². The van der Waals surface area contributed by atoms with E-state index in [4.69, 9.17) is 15.2 Å². The van der Waals surface area contributed by atoms with Crippen LogP contribution in [0, 0.1) is 11.8 Å². The first-order valence-corrected chi connectivity index (χ1v) is 12.3. The minimum absolute atomic E-state index is 0.0575. The predicted octanol–water partition coefficient (Wildman–Crippen LogP) is 4.05. The molecule has 2 aromatic carbocycles. The summed E-state index contributed by atoms with van der Waals surface area (Å²) in [5.74, 6) is -1.33. The van der Waals surface area contributed by atoms with Crippen LogP contribution in [-0.4, -0.2) is 49.0 Å². The molecule has 0 saturated heterocycles. The molecule has 0 aliphatic heterocycles. The van der Waals surface area contributed by atoms with Gasteiger partial charge in [-0.15, -0.1) is 0 Å². The molecule has 0 aromatic heterocycles. The molecule has 0 spiro atoms. The Hall–Kier alpha value is -3.39. The fraction of sp³-hybridized carbons (Fsp3) is 0.464. The van der Waals surface area contributed by atoms with Crippen LogP contribution in [-0.2, 0) is 25.7 Å². The molecule has 0 heterocycles. The number of nitrogens with one attached hydrogen (secondary N) is 1. The van der Waals surface area contributed by atoms with E-state index in [2.05, 4.69) is 5.32 Å². The maximum Gasteiger partial charge on any atom is 0.329 e. The highest BCUT2D eigenvalue weighted by molar-refractivity contribution is 5.83. The predicted molar refractivity (Wildman–Crippen MR) is 139 cm³/mol. The maximum atomic E-state index is 13.0. The lowest BCUT2D eigenvalue weighted by atomic mass is 9.93. The van der Waals surface area contributed by atoms with Crippen molar-refractivity contribution >= 4 is 18.0 Å². The fourth-order valence-corrected chi connectivity index (χ4v) is 3.55. The molecular weight excluding hydrogens is 458 g/mol. The van der Waals surface area contributed by atoms with Crippen LogP contribution in [0.3, 0.4) is 0 Å². The van der Waals surface area contributed by atoms with Crippen LogP contribution < -0.4 is 11.1 Å². The van der Waals surface area contributed by atoms with Crippen molar-refractivity contribution in [3.63, 3.8) is 0 Å². The van der Waals surface area contributed by atoms with Crippen LogP contribution in [0.15, 0.2) is 60.7 Å². The smallest absolute Gasteiger partial charge is 0.329 e. The Morgan fingerprint density at radius 1 is 0.889 bits per heavy atom. The summed E-state index contributed by atoms with van der Waals surface area (Å²) in [5.41, 5.74) is 7.70. The van der Waals surface area contributed by atoms with Crippen molar-refractivity contribution in [2.75, 3.05) is 14.1 Å². The molecule has 0 saturated carbocycles. The molecule has 8 nitrogen and oxygen atoms in total. The van der Waals surface area contributed by atoms with Gasteiger partial charge in [0.1, 0.15) is 24.8 Å². The molecular formula is C28H39N3O5. The third-order valence-electron chi connectivity index (χ3n) is 6.04. The highest BCUT2D eigenvalue weighted by Gasteiger charge is 2.31. The van der Waals surface area contributed by atoms with E-state index in [0.717, 1.165) is 11.1 Å². The number of carbonyl (C=O) groups excluding carboxylic acids is 3. The van der Waals surface area contributed by atoms with Crippen LogP contribution in [0.5, 0.6) is 0 Å². The quantitative estimate of drug-likeness (QED) is 0.428. The number of hydrogen-bond acceptors (Lipinski definition) is 6. The lowest BCUT2D eigenvalue weighted by Gasteiger charge is -2.27. The van der Waals surface area contributed by atoms with Crippen LogP contribution in [0.1, 0.15) is 50.8 Å². The summed E-state index contributed by atoms with van der Waals surface area (Å²) < 4.78 is 11.3. The molecule has 0 radical (unpaired) electrons. The highest BCUT2D eigenvalue weighted by atomic mass is 16.5. The van der Waals surface area contributed by atoms with E-state index in [9.17, 15) is 14.4 Å². The van der Waals surface area contributed by atoms with Crippen LogP contribution in [0.25, 0.3) is 0 Å². The summed E-state index contributed by atoms with van der Waals surface area (Å²) in [7, 11) is 3.21. The SMILES string of the molecule is CC(C)[C@H](N)C(=O)OC(CCC(C)[C@H](NC(=O)N(C)C)C(=O)OCc1ccccc1)c1ccccc1. The number of esters is 2. The number of ether oxygens (including phenoxy) is 2. The van der Waals surface area contributed by atoms with Gasteiger partial charge in [0, 0.05) is 14.1 Å². The standard InChI is InChI=1S/C28H39N3O5/c1-19(2)24(29)26(32)36-23(22-14-10-7-11-15-22)17-16-20(3)25(30-28(34)31(4)5)27(33)35-18-21-12-8-6-9-13-21/h6-15,19-20,23-25H,16-18,29H2,1-5H3,(H,30,34)/t20?,23?,24-,25-/m0/s1. The van der Waals surface area contributed by atoms with Crippen molar-refractivity contribution in [1.29, 1.82) is 0 Å². The number of rotatable bonds is 12. The monoisotopic (exact) mass is 497 g/mol. The second-order valence-electron chi connectivity index (χ2n) is 9.58.